The summed E-state index contributed by atoms with van der Waals surface area (Å²) in [5, 5.41) is 2.88. The van der Waals surface area contributed by atoms with Gasteiger partial charge in [0.2, 0.25) is 9.84 Å². The maximum Gasteiger partial charge on any atom is 0.341 e. The predicted molar refractivity (Wildman–Crippen MR) is 71.0 cm³/mol. The van der Waals surface area contributed by atoms with Gasteiger partial charge in [-0.3, -0.25) is 0 Å². The highest BCUT2D eigenvalue weighted by Gasteiger charge is 2.28. The molecular weight excluding hydrogens is 274 g/mol. The predicted octanol–water partition coefficient (Wildman–Crippen LogP) is 2.22. The number of nitrogens with one attached hydrogen (secondary N) is 1. The van der Waals surface area contributed by atoms with Crippen LogP contribution in [0.15, 0.2) is 29.2 Å². The lowest BCUT2D eigenvalue weighted by Gasteiger charge is -2.11. The fourth-order valence-corrected chi connectivity index (χ4v) is 2.53. The molecule has 0 aliphatic heterocycles. The van der Waals surface area contributed by atoms with Gasteiger partial charge in [-0.15, -0.1) is 0 Å². The van der Waals surface area contributed by atoms with Crippen LogP contribution in [0.5, 0.6) is 0 Å². The number of alkyl halides is 2. The van der Waals surface area contributed by atoms with E-state index in [0.717, 1.165) is 19.3 Å². The van der Waals surface area contributed by atoms with Gasteiger partial charge in [0.15, 0.2) is 0 Å². The number of rotatable bonds is 8. The van der Waals surface area contributed by atoms with Gasteiger partial charge in [-0.2, -0.15) is 8.78 Å². The van der Waals surface area contributed by atoms with E-state index in [2.05, 4.69) is 5.32 Å². The molecule has 4 nitrogen and oxygen atoms in total. The third-order valence-corrected chi connectivity index (χ3v) is 4.06. The smallest absolute Gasteiger partial charge is 0.341 e. The first kappa shape index (κ1) is 15.8. The number of unbranched alkanes of at least 4 members (excludes halogenated alkanes) is 2. The average molecular weight is 292 g/mol. The molecule has 0 saturated carbocycles. The van der Waals surface area contributed by atoms with Crippen LogP contribution in [-0.2, 0) is 9.84 Å². The molecule has 0 unspecified atom stereocenters. The van der Waals surface area contributed by atoms with Gasteiger partial charge in [0.1, 0.15) is 0 Å². The van der Waals surface area contributed by atoms with Gasteiger partial charge in [0.05, 0.1) is 10.6 Å². The molecule has 19 heavy (non-hydrogen) atoms. The standard InChI is InChI=1S/C12H18F2N2O2S/c13-12(14)19(17,18)11-7-3-2-6-10(11)16-9-5-1-4-8-15/h2-3,6-7,12,16H,1,4-5,8-9,15H2. The van der Waals surface area contributed by atoms with Crippen LogP contribution in [0.25, 0.3) is 0 Å². The van der Waals surface area contributed by atoms with Crippen LogP contribution in [0.4, 0.5) is 14.5 Å². The molecule has 0 aliphatic rings. The zero-order valence-electron chi connectivity index (χ0n) is 10.5. The summed E-state index contributed by atoms with van der Waals surface area (Å²) in [6.07, 6.45) is 2.60. The first-order valence-corrected chi connectivity index (χ1v) is 7.60. The van der Waals surface area contributed by atoms with Crippen molar-refractivity contribution in [2.24, 2.45) is 5.73 Å². The van der Waals surface area contributed by atoms with Crippen LogP contribution in [0.1, 0.15) is 19.3 Å². The van der Waals surface area contributed by atoms with Crippen molar-refractivity contribution in [3.05, 3.63) is 24.3 Å². The molecule has 1 aromatic carbocycles. The molecule has 0 fully saturated rings. The molecule has 0 heterocycles. The molecular formula is C12H18F2N2O2S. The quantitative estimate of drug-likeness (QED) is 0.721. The van der Waals surface area contributed by atoms with E-state index in [1.165, 1.54) is 18.2 Å². The number of anilines is 1. The van der Waals surface area contributed by atoms with E-state index in [1.807, 2.05) is 0 Å². The molecule has 0 amide bonds. The van der Waals surface area contributed by atoms with E-state index in [-0.39, 0.29) is 10.6 Å². The third kappa shape index (κ3) is 4.43. The number of halogens is 2. The van der Waals surface area contributed by atoms with Crippen LogP contribution < -0.4 is 11.1 Å². The highest BCUT2D eigenvalue weighted by molar-refractivity contribution is 7.91. The number of nitrogens with two attached hydrogens (primary N) is 1. The van der Waals surface area contributed by atoms with Crippen LogP contribution in [0.3, 0.4) is 0 Å². The molecule has 108 valence electrons. The first-order valence-electron chi connectivity index (χ1n) is 6.05. The number of hydrogen-bond acceptors (Lipinski definition) is 4. The molecule has 3 N–H and O–H groups in total. The summed E-state index contributed by atoms with van der Waals surface area (Å²) in [6.45, 7) is 1.13. The maximum absolute atomic E-state index is 12.5. The van der Waals surface area contributed by atoms with E-state index < -0.39 is 15.6 Å². The highest BCUT2D eigenvalue weighted by Crippen LogP contribution is 2.25. The minimum Gasteiger partial charge on any atom is -0.384 e. The Morgan fingerprint density at radius 1 is 1.16 bits per heavy atom. The minimum atomic E-state index is -4.57. The van der Waals surface area contributed by atoms with E-state index in [9.17, 15) is 17.2 Å². The second-order valence-electron chi connectivity index (χ2n) is 4.08. The number of benzene rings is 1. The van der Waals surface area contributed by atoms with E-state index in [1.54, 1.807) is 6.07 Å². The molecule has 0 spiro atoms. The molecule has 0 aromatic heterocycles. The van der Waals surface area contributed by atoms with Crippen LogP contribution >= 0.6 is 0 Å². The average Bonchev–Trinajstić information content (AvgIpc) is 2.38. The van der Waals surface area contributed by atoms with Crippen LogP contribution in [-0.4, -0.2) is 27.3 Å². The normalized spacial score (nSPS) is 11.8. The lowest BCUT2D eigenvalue weighted by Crippen LogP contribution is -2.14. The Morgan fingerprint density at radius 2 is 1.84 bits per heavy atom. The van der Waals surface area contributed by atoms with Crippen molar-refractivity contribution in [1.82, 2.24) is 0 Å². The zero-order chi connectivity index (χ0) is 14.3. The second-order valence-corrected chi connectivity index (χ2v) is 5.96. The van der Waals surface area contributed by atoms with Gasteiger partial charge < -0.3 is 11.1 Å². The Hall–Kier alpha value is -1.21. The summed E-state index contributed by atoms with van der Waals surface area (Å²) in [7, 11) is -4.57. The second kappa shape index (κ2) is 7.40. The molecule has 0 aliphatic carbocycles. The summed E-state index contributed by atoms with van der Waals surface area (Å²) in [4.78, 5) is -0.358. The van der Waals surface area contributed by atoms with Crippen LogP contribution in [0.2, 0.25) is 0 Å². The van der Waals surface area contributed by atoms with Crippen molar-refractivity contribution in [2.45, 2.75) is 29.9 Å². The molecule has 0 radical (unpaired) electrons. The van der Waals surface area contributed by atoms with Crippen LogP contribution in [0, 0.1) is 0 Å². The highest BCUT2D eigenvalue weighted by atomic mass is 32.2. The lowest BCUT2D eigenvalue weighted by molar-refractivity contribution is 0.235. The fraction of sp³-hybridized carbons (Fsp3) is 0.500. The van der Waals surface area contributed by atoms with E-state index >= 15 is 0 Å². The van der Waals surface area contributed by atoms with Gasteiger partial charge in [-0.25, -0.2) is 8.42 Å². The monoisotopic (exact) mass is 292 g/mol. The largest absolute Gasteiger partial charge is 0.384 e. The van der Waals surface area contributed by atoms with Gasteiger partial charge in [0, 0.05) is 6.54 Å². The number of sulfone groups is 1. The van der Waals surface area contributed by atoms with Gasteiger partial charge in [-0.05, 0) is 31.5 Å². The first-order chi connectivity index (χ1) is 9.00. The van der Waals surface area contributed by atoms with Crippen molar-refractivity contribution in [3.8, 4) is 0 Å². The maximum atomic E-state index is 12.5. The van der Waals surface area contributed by atoms with Crippen molar-refractivity contribution < 1.29 is 17.2 Å². The molecule has 0 saturated heterocycles. The lowest BCUT2D eigenvalue weighted by atomic mass is 10.2. The topological polar surface area (TPSA) is 72.2 Å². The molecule has 1 rings (SSSR count). The van der Waals surface area contributed by atoms with Crippen molar-refractivity contribution in [3.63, 3.8) is 0 Å². The molecule has 7 heteroatoms. The van der Waals surface area contributed by atoms with Gasteiger partial charge in [0.25, 0.3) is 0 Å². The summed E-state index contributed by atoms with van der Waals surface area (Å²) in [5.74, 6) is -3.41. The number of para-hydroxylation sites is 1. The summed E-state index contributed by atoms with van der Waals surface area (Å²) >= 11 is 0. The van der Waals surface area contributed by atoms with Crippen molar-refractivity contribution in [1.29, 1.82) is 0 Å². The van der Waals surface area contributed by atoms with E-state index in [0.29, 0.717) is 13.1 Å². The van der Waals surface area contributed by atoms with Gasteiger partial charge >= 0.3 is 5.76 Å². The Morgan fingerprint density at radius 3 is 2.47 bits per heavy atom. The Kier molecular flexibility index (Phi) is 6.17. The summed E-state index contributed by atoms with van der Waals surface area (Å²) in [6, 6.07) is 5.70. The molecule has 0 bridgehead atoms. The number of hydrogen-bond donors (Lipinski definition) is 2. The Bertz CT molecular complexity index is 492. The third-order valence-electron chi connectivity index (χ3n) is 2.62. The minimum absolute atomic E-state index is 0.218. The Balaban J connectivity index is 2.74. The Labute approximate surface area is 111 Å². The van der Waals surface area contributed by atoms with E-state index in [4.69, 9.17) is 5.73 Å². The molecule has 1 aromatic rings. The summed E-state index contributed by atoms with van der Waals surface area (Å²) < 4.78 is 48.0. The van der Waals surface area contributed by atoms with Gasteiger partial charge in [-0.1, -0.05) is 18.6 Å². The summed E-state index contributed by atoms with van der Waals surface area (Å²) in [5.41, 5.74) is 5.57. The molecule has 0 atom stereocenters. The van der Waals surface area contributed by atoms with Crippen molar-refractivity contribution in [2.75, 3.05) is 18.4 Å². The van der Waals surface area contributed by atoms with Crippen molar-refractivity contribution >= 4 is 15.5 Å². The zero-order valence-corrected chi connectivity index (χ0v) is 11.3. The SMILES string of the molecule is NCCCCCNc1ccccc1S(=O)(=O)C(F)F. The fourth-order valence-electron chi connectivity index (χ4n) is 1.63.